The van der Waals surface area contributed by atoms with Crippen LogP contribution in [0.2, 0.25) is 0 Å². The Kier molecular flexibility index (Phi) is 2.58. The molecule has 0 spiro atoms. The molecule has 62 valence electrons. The largest absolute Gasteiger partial charge is 0.364 e. The van der Waals surface area contributed by atoms with Crippen molar-refractivity contribution in [3.63, 3.8) is 0 Å². The van der Waals surface area contributed by atoms with Crippen LogP contribution >= 0.6 is 0 Å². The Hall–Kier alpha value is -1.64. The summed E-state index contributed by atoms with van der Waals surface area (Å²) in [7, 11) is 1.55. The van der Waals surface area contributed by atoms with Crippen LogP contribution < -0.4 is 5.73 Å². The third kappa shape index (κ3) is 1.69. The van der Waals surface area contributed by atoms with Crippen LogP contribution in [0.4, 0.5) is 0 Å². The molecule has 0 bridgehead atoms. The van der Waals surface area contributed by atoms with Gasteiger partial charge in [-0.1, -0.05) is 30.3 Å². The smallest absolute Gasteiger partial charge is 0.267 e. The van der Waals surface area contributed by atoms with Gasteiger partial charge in [0, 0.05) is 12.6 Å². The molecule has 0 aliphatic rings. The van der Waals surface area contributed by atoms with Crippen molar-refractivity contribution in [3.05, 3.63) is 35.9 Å². The third-order valence-corrected chi connectivity index (χ3v) is 1.50. The summed E-state index contributed by atoms with van der Waals surface area (Å²) in [6.45, 7) is 0. The van der Waals surface area contributed by atoms with E-state index in [9.17, 15) is 4.79 Å². The van der Waals surface area contributed by atoms with Crippen LogP contribution in [0, 0.1) is 0 Å². The molecule has 0 radical (unpaired) electrons. The molecule has 0 aliphatic heterocycles. The zero-order valence-electron chi connectivity index (χ0n) is 6.82. The van der Waals surface area contributed by atoms with Crippen molar-refractivity contribution in [1.82, 2.24) is 0 Å². The number of carbonyl (C=O) groups excluding carboxylic acids is 1. The van der Waals surface area contributed by atoms with E-state index in [1.54, 1.807) is 19.2 Å². The first-order valence-corrected chi connectivity index (χ1v) is 3.57. The number of nitrogens with two attached hydrogens (primary N) is 1. The summed E-state index contributed by atoms with van der Waals surface area (Å²) in [6, 6.07) is 9.14. The Labute approximate surface area is 70.9 Å². The number of hydrogen-bond donors (Lipinski definition) is 1. The van der Waals surface area contributed by atoms with E-state index in [4.69, 9.17) is 5.73 Å². The SMILES string of the molecule is CN=C(C(N)=O)c1ccccc1. The van der Waals surface area contributed by atoms with E-state index < -0.39 is 5.91 Å². The molecule has 0 aliphatic carbocycles. The molecule has 0 fully saturated rings. The molecule has 0 saturated heterocycles. The summed E-state index contributed by atoms with van der Waals surface area (Å²) in [4.78, 5) is 14.6. The fourth-order valence-corrected chi connectivity index (χ4v) is 0.978. The average molecular weight is 162 g/mol. The minimum absolute atomic E-state index is 0.315. The molecule has 2 N–H and O–H groups in total. The monoisotopic (exact) mass is 162 g/mol. The predicted octanol–water partition coefficient (Wildman–Crippen LogP) is 0.591. The van der Waals surface area contributed by atoms with E-state index in [1.165, 1.54) is 0 Å². The molecular formula is C9H10N2O. The number of hydrogen-bond acceptors (Lipinski definition) is 2. The van der Waals surface area contributed by atoms with Gasteiger partial charge in [0.1, 0.15) is 5.71 Å². The van der Waals surface area contributed by atoms with Gasteiger partial charge in [0.25, 0.3) is 5.91 Å². The van der Waals surface area contributed by atoms with Crippen molar-refractivity contribution < 1.29 is 4.79 Å². The number of aliphatic imine (C=N–C) groups is 1. The number of primary amides is 1. The van der Waals surface area contributed by atoms with Crippen molar-refractivity contribution in [3.8, 4) is 0 Å². The van der Waals surface area contributed by atoms with Crippen molar-refractivity contribution in [2.24, 2.45) is 10.7 Å². The summed E-state index contributed by atoms with van der Waals surface area (Å²) in [5, 5.41) is 0. The number of carbonyl (C=O) groups is 1. The lowest BCUT2D eigenvalue weighted by molar-refractivity contribution is -0.111. The molecule has 0 heterocycles. The lowest BCUT2D eigenvalue weighted by atomic mass is 10.1. The summed E-state index contributed by atoms with van der Waals surface area (Å²) >= 11 is 0. The van der Waals surface area contributed by atoms with Crippen molar-refractivity contribution in [2.75, 3.05) is 7.05 Å². The highest BCUT2D eigenvalue weighted by atomic mass is 16.1. The second kappa shape index (κ2) is 3.67. The average Bonchev–Trinajstić information content (AvgIpc) is 2.07. The Bertz CT molecular complexity index is 304. The maximum Gasteiger partial charge on any atom is 0.267 e. The minimum atomic E-state index is -0.497. The van der Waals surface area contributed by atoms with Gasteiger partial charge in [-0.2, -0.15) is 0 Å². The van der Waals surface area contributed by atoms with Gasteiger partial charge >= 0.3 is 0 Å². The minimum Gasteiger partial charge on any atom is -0.364 e. The first kappa shape index (κ1) is 8.46. The fraction of sp³-hybridized carbons (Fsp3) is 0.111. The van der Waals surface area contributed by atoms with Crippen molar-refractivity contribution >= 4 is 11.6 Å². The van der Waals surface area contributed by atoms with E-state index in [0.29, 0.717) is 5.71 Å². The van der Waals surface area contributed by atoms with Gasteiger partial charge in [-0.15, -0.1) is 0 Å². The van der Waals surface area contributed by atoms with Gasteiger partial charge in [0.15, 0.2) is 0 Å². The quantitative estimate of drug-likeness (QED) is 0.636. The highest BCUT2D eigenvalue weighted by Crippen LogP contribution is 1.99. The van der Waals surface area contributed by atoms with Gasteiger partial charge in [-0.3, -0.25) is 9.79 Å². The number of amides is 1. The molecule has 0 unspecified atom stereocenters. The molecule has 1 aromatic rings. The van der Waals surface area contributed by atoms with E-state index >= 15 is 0 Å². The second-order valence-electron chi connectivity index (χ2n) is 2.30. The van der Waals surface area contributed by atoms with Crippen LogP contribution in [0.5, 0.6) is 0 Å². The summed E-state index contributed by atoms with van der Waals surface area (Å²) in [6.07, 6.45) is 0. The zero-order chi connectivity index (χ0) is 8.97. The number of benzene rings is 1. The van der Waals surface area contributed by atoms with Gasteiger partial charge in [-0.25, -0.2) is 0 Å². The van der Waals surface area contributed by atoms with Gasteiger partial charge in [-0.05, 0) is 0 Å². The lowest BCUT2D eigenvalue weighted by Gasteiger charge is -1.99. The molecular weight excluding hydrogens is 152 g/mol. The molecule has 1 rings (SSSR count). The number of rotatable bonds is 2. The summed E-state index contributed by atoms with van der Waals surface area (Å²) in [5.41, 5.74) is 6.18. The van der Waals surface area contributed by atoms with Gasteiger partial charge in [0.2, 0.25) is 0 Å². The Morgan fingerprint density at radius 1 is 1.33 bits per heavy atom. The summed E-state index contributed by atoms with van der Waals surface area (Å²) < 4.78 is 0. The molecule has 3 heteroatoms. The van der Waals surface area contributed by atoms with E-state index in [2.05, 4.69) is 4.99 Å². The first-order valence-electron chi connectivity index (χ1n) is 3.57. The van der Waals surface area contributed by atoms with Crippen LogP contribution in [-0.2, 0) is 4.79 Å². The molecule has 12 heavy (non-hydrogen) atoms. The second-order valence-corrected chi connectivity index (χ2v) is 2.30. The van der Waals surface area contributed by atoms with E-state index in [1.807, 2.05) is 18.2 Å². The van der Waals surface area contributed by atoms with E-state index in [-0.39, 0.29) is 0 Å². The molecule has 1 aromatic carbocycles. The normalized spacial score (nSPS) is 11.2. The van der Waals surface area contributed by atoms with Crippen LogP contribution in [0.25, 0.3) is 0 Å². The Balaban J connectivity index is 3.05. The molecule has 0 aromatic heterocycles. The van der Waals surface area contributed by atoms with Crippen LogP contribution in [0.1, 0.15) is 5.56 Å². The zero-order valence-corrected chi connectivity index (χ0v) is 6.82. The topological polar surface area (TPSA) is 55.4 Å². The van der Waals surface area contributed by atoms with Gasteiger partial charge < -0.3 is 5.73 Å². The van der Waals surface area contributed by atoms with Gasteiger partial charge in [0.05, 0.1) is 0 Å². The van der Waals surface area contributed by atoms with E-state index in [0.717, 1.165) is 5.56 Å². The highest BCUT2D eigenvalue weighted by Gasteiger charge is 2.06. The van der Waals surface area contributed by atoms with Crippen molar-refractivity contribution in [1.29, 1.82) is 0 Å². The maximum absolute atomic E-state index is 10.8. The molecule has 1 amide bonds. The van der Waals surface area contributed by atoms with Crippen LogP contribution in [-0.4, -0.2) is 18.7 Å². The molecule has 0 atom stereocenters. The third-order valence-electron chi connectivity index (χ3n) is 1.50. The maximum atomic E-state index is 10.8. The predicted molar refractivity (Wildman–Crippen MR) is 48.1 cm³/mol. The highest BCUT2D eigenvalue weighted by molar-refractivity contribution is 6.44. The number of nitrogens with zero attached hydrogens (tertiary/aromatic N) is 1. The fourth-order valence-electron chi connectivity index (χ4n) is 0.978. The first-order chi connectivity index (χ1) is 5.75. The Morgan fingerprint density at radius 3 is 2.33 bits per heavy atom. The summed E-state index contributed by atoms with van der Waals surface area (Å²) in [5.74, 6) is -0.497. The van der Waals surface area contributed by atoms with Crippen LogP contribution in [0.3, 0.4) is 0 Å². The van der Waals surface area contributed by atoms with Crippen LogP contribution in [0.15, 0.2) is 35.3 Å². The standard InChI is InChI=1S/C9H10N2O/c1-11-8(9(10)12)7-5-3-2-4-6-7/h2-6H,1H3,(H2,10,12). The molecule has 3 nitrogen and oxygen atoms in total. The van der Waals surface area contributed by atoms with Crippen molar-refractivity contribution in [2.45, 2.75) is 0 Å². The lowest BCUT2D eigenvalue weighted by Crippen LogP contribution is -2.24. The Morgan fingerprint density at radius 2 is 1.92 bits per heavy atom. The molecule has 0 saturated carbocycles.